The zero-order chi connectivity index (χ0) is 16.1. The van der Waals surface area contributed by atoms with Gasteiger partial charge in [-0.05, 0) is 50.3 Å². The lowest BCUT2D eigenvalue weighted by atomic mass is 9.95. The maximum absolute atomic E-state index is 12.6. The van der Waals surface area contributed by atoms with Gasteiger partial charge in [-0.2, -0.15) is 0 Å². The molecule has 2 aromatic rings. The number of anilines is 1. The van der Waals surface area contributed by atoms with Crippen LogP contribution in [0.1, 0.15) is 42.5 Å². The van der Waals surface area contributed by atoms with E-state index in [2.05, 4.69) is 21.6 Å². The van der Waals surface area contributed by atoms with Crippen LogP contribution in [0.4, 0.5) is 5.88 Å². The number of nitrogens with one attached hydrogen (secondary N) is 2. The first-order valence-corrected chi connectivity index (χ1v) is 9.12. The number of amides is 1. The first kappa shape index (κ1) is 14.3. The number of rotatable bonds is 3. The predicted octanol–water partition coefficient (Wildman–Crippen LogP) is 2.66. The van der Waals surface area contributed by atoms with Gasteiger partial charge >= 0.3 is 0 Å². The van der Waals surface area contributed by atoms with E-state index in [0.717, 1.165) is 41.9 Å². The van der Waals surface area contributed by atoms with Crippen molar-refractivity contribution in [1.29, 1.82) is 0 Å². The molecule has 126 valence electrons. The number of fused-ring (bicyclic) bond motifs is 3. The van der Waals surface area contributed by atoms with Crippen LogP contribution in [0.3, 0.4) is 0 Å². The predicted molar refractivity (Wildman–Crippen MR) is 93.5 cm³/mol. The maximum atomic E-state index is 12.6. The van der Waals surface area contributed by atoms with Gasteiger partial charge in [0, 0.05) is 48.2 Å². The summed E-state index contributed by atoms with van der Waals surface area (Å²) in [5.74, 6) is 0.956. The van der Waals surface area contributed by atoms with Crippen molar-refractivity contribution in [3.8, 4) is 0 Å². The van der Waals surface area contributed by atoms with E-state index >= 15 is 0 Å². The van der Waals surface area contributed by atoms with Crippen LogP contribution in [-0.4, -0.2) is 37.1 Å². The van der Waals surface area contributed by atoms with Crippen molar-refractivity contribution in [1.82, 2.24) is 10.6 Å². The van der Waals surface area contributed by atoms with Crippen LogP contribution >= 0.6 is 0 Å². The Kier molecular flexibility index (Phi) is 3.30. The third kappa shape index (κ3) is 2.38. The Morgan fingerprint density at radius 3 is 2.83 bits per heavy atom. The van der Waals surface area contributed by atoms with Crippen molar-refractivity contribution in [3.05, 3.63) is 29.8 Å². The molecule has 1 aromatic heterocycles. The van der Waals surface area contributed by atoms with Crippen molar-refractivity contribution >= 4 is 22.8 Å². The van der Waals surface area contributed by atoms with Crippen LogP contribution in [0.15, 0.2) is 28.7 Å². The fraction of sp³-hybridized carbons (Fsp3) is 0.526. The van der Waals surface area contributed by atoms with Crippen molar-refractivity contribution in [2.75, 3.05) is 18.0 Å². The second-order valence-electron chi connectivity index (χ2n) is 7.39. The number of hydrogen-bond donors (Lipinski definition) is 2. The largest absolute Gasteiger partial charge is 0.441 e. The topological polar surface area (TPSA) is 57.5 Å². The SMILES string of the molecule is O=C(NC1CC2CCC1N2)c1ccc2oc(N3CCCC3)cc2c1. The maximum Gasteiger partial charge on any atom is 0.251 e. The summed E-state index contributed by atoms with van der Waals surface area (Å²) in [6, 6.07) is 9.14. The van der Waals surface area contributed by atoms with Gasteiger partial charge in [-0.15, -0.1) is 0 Å². The molecule has 2 N–H and O–H groups in total. The molecule has 1 amide bonds. The Balaban J connectivity index is 1.35. The molecule has 5 nitrogen and oxygen atoms in total. The Bertz CT molecular complexity index is 778. The number of benzene rings is 1. The van der Waals surface area contributed by atoms with Crippen LogP contribution in [0.2, 0.25) is 0 Å². The smallest absolute Gasteiger partial charge is 0.251 e. The van der Waals surface area contributed by atoms with E-state index in [-0.39, 0.29) is 11.9 Å². The van der Waals surface area contributed by atoms with Gasteiger partial charge in [0.2, 0.25) is 0 Å². The van der Waals surface area contributed by atoms with Gasteiger partial charge < -0.3 is 20.0 Å². The Labute approximate surface area is 141 Å². The number of hydrogen-bond acceptors (Lipinski definition) is 4. The molecule has 0 saturated carbocycles. The molecule has 4 heterocycles. The van der Waals surface area contributed by atoms with Crippen molar-refractivity contribution in [3.63, 3.8) is 0 Å². The monoisotopic (exact) mass is 325 g/mol. The standard InChI is InChI=1S/C19H23N3O2/c23-19(21-16-11-14-4-5-15(16)20-14)12-3-6-17-13(9-12)10-18(24-17)22-7-1-2-8-22/h3,6,9-10,14-16,20H,1-2,4-5,7-8,11H2,(H,21,23). The molecule has 1 aromatic carbocycles. The molecule has 3 atom stereocenters. The number of furan rings is 1. The quantitative estimate of drug-likeness (QED) is 0.911. The number of nitrogens with zero attached hydrogens (tertiary/aromatic N) is 1. The Hall–Kier alpha value is -2.01. The zero-order valence-corrected chi connectivity index (χ0v) is 13.8. The molecule has 0 spiro atoms. The average molecular weight is 325 g/mol. The summed E-state index contributed by atoms with van der Waals surface area (Å²) in [5, 5.41) is 7.78. The fourth-order valence-electron chi connectivity index (χ4n) is 4.50. The molecule has 5 rings (SSSR count). The van der Waals surface area contributed by atoms with E-state index < -0.39 is 0 Å². The lowest BCUT2D eigenvalue weighted by Crippen LogP contribution is -2.42. The van der Waals surface area contributed by atoms with Gasteiger partial charge in [0.15, 0.2) is 5.88 Å². The summed E-state index contributed by atoms with van der Waals surface area (Å²) in [5.41, 5.74) is 1.58. The molecular formula is C19H23N3O2. The molecule has 0 radical (unpaired) electrons. The van der Waals surface area contributed by atoms with E-state index in [1.807, 2.05) is 18.2 Å². The second kappa shape index (κ2) is 5.52. The van der Waals surface area contributed by atoms with E-state index in [1.54, 1.807) is 0 Å². The highest BCUT2D eigenvalue weighted by Gasteiger charge is 2.39. The minimum absolute atomic E-state index is 0.0279. The number of carbonyl (C=O) groups is 1. The normalized spacial score (nSPS) is 28.8. The highest BCUT2D eigenvalue weighted by molar-refractivity contribution is 5.98. The van der Waals surface area contributed by atoms with E-state index in [4.69, 9.17) is 4.42 Å². The van der Waals surface area contributed by atoms with Gasteiger partial charge in [0.05, 0.1) is 0 Å². The number of carbonyl (C=O) groups excluding carboxylic acids is 1. The van der Waals surface area contributed by atoms with Crippen LogP contribution in [-0.2, 0) is 0 Å². The van der Waals surface area contributed by atoms with Gasteiger partial charge in [0.1, 0.15) is 5.58 Å². The Morgan fingerprint density at radius 1 is 1.21 bits per heavy atom. The summed E-state index contributed by atoms with van der Waals surface area (Å²) in [7, 11) is 0. The highest BCUT2D eigenvalue weighted by atomic mass is 16.4. The summed E-state index contributed by atoms with van der Waals surface area (Å²) >= 11 is 0. The van der Waals surface area contributed by atoms with Crippen molar-refractivity contribution < 1.29 is 9.21 Å². The van der Waals surface area contributed by atoms with Crippen LogP contribution in [0.5, 0.6) is 0 Å². The molecule has 3 saturated heterocycles. The summed E-state index contributed by atoms with van der Waals surface area (Å²) in [6.45, 7) is 2.12. The third-order valence-electron chi connectivity index (χ3n) is 5.80. The van der Waals surface area contributed by atoms with E-state index in [0.29, 0.717) is 12.1 Å². The molecule has 3 aliphatic rings. The Morgan fingerprint density at radius 2 is 2.08 bits per heavy atom. The lowest BCUT2D eigenvalue weighted by molar-refractivity contribution is 0.0931. The van der Waals surface area contributed by atoms with Crippen molar-refractivity contribution in [2.24, 2.45) is 0 Å². The lowest BCUT2D eigenvalue weighted by Gasteiger charge is -2.21. The van der Waals surface area contributed by atoms with Gasteiger partial charge in [-0.25, -0.2) is 0 Å². The second-order valence-corrected chi connectivity index (χ2v) is 7.39. The zero-order valence-electron chi connectivity index (χ0n) is 13.8. The summed E-state index contributed by atoms with van der Waals surface area (Å²) < 4.78 is 5.94. The molecular weight excluding hydrogens is 302 g/mol. The first-order chi connectivity index (χ1) is 11.8. The van der Waals surface area contributed by atoms with E-state index in [9.17, 15) is 4.79 Å². The fourth-order valence-corrected chi connectivity index (χ4v) is 4.50. The van der Waals surface area contributed by atoms with Crippen LogP contribution in [0.25, 0.3) is 11.0 Å². The molecule has 2 bridgehead atoms. The molecule has 3 fully saturated rings. The van der Waals surface area contributed by atoms with Gasteiger partial charge in [-0.3, -0.25) is 4.79 Å². The molecule has 0 aliphatic carbocycles. The van der Waals surface area contributed by atoms with Crippen LogP contribution in [0, 0.1) is 0 Å². The third-order valence-corrected chi connectivity index (χ3v) is 5.80. The molecule has 5 heteroatoms. The summed E-state index contributed by atoms with van der Waals surface area (Å²) in [4.78, 5) is 14.9. The molecule has 3 unspecified atom stereocenters. The van der Waals surface area contributed by atoms with E-state index in [1.165, 1.54) is 25.7 Å². The first-order valence-electron chi connectivity index (χ1n) is 9.12. The highest BCUT2D eigenvalue weighted by Crippen LogP contribution is 2.30. The van der Waals surface area contributed by atoms with Crippen LogP contribution < -0.4 is 15.5 Å². The van der Waals surface area contributed by atoms with Crippen molar-refractivity contribution in [2.45, 2.75) is 50.2 Å². The molecule has 3 aliphatic heterocycles. The minimum atomic E-state index is 0.0279. The van der Waals surface area contributed by atoms with Gasteiger partial charge in [-0.1, -0.05) is 0 Å². The summed E-state index contributed by atoms with van der Waals surface area (Å²) in [6.07, 6.45) is 5.93. The van der Waals surface area contributed by atoms with Gasteiger partial charge in [0.25, 0.3) is 5.91 Å². The molecule has 24 heavy (non-hydrogen) atoms. The average Bonchev–Trinajstić information content (AvgIpc) is 3.35. The minimum Gasteiger partial charge on any atom is -0.441 e.